The number of aliphatic hydroxyl groups is 1. The molecule has 0 bridgehead atoms. The zero-order valence-corrected chi connectivity index (χ0v) is 71.6. The predicted octanol–water partition coefficient (Wildman–Crippen LogP) is 5.16. The first-order valence-corrected chi connectivity index (χ1v) is 40.3. The second-order valence-corrected chi connectivity index (χ2v) is 30.7. The van der Waals surface area contributed by atoms with Gasteiger partial charge in [-0.1, -0.05) is 91.0 Å². The van der Waals surface area contributed by atoms with Gasteiger partial charge in [-0.2, -0.15) is 0 Å². The molecule has 5 aromatic carbocycles. The summed E-state index contributed by atoms with van der Waals surface area (Å²) in [6.07, 6.45) is -53.3. The molecule has 0 radical (unpaired) electrons. The second kappa shape index (κ2) is 44.9. The van der Waals surface area contributed by atoms with Crippen LogP contribution in [0.5, 0.6) is 0 Å². The molecule has 690 valence electrons. The molecule has 1 N–H and O–H groups in total. The van der Waals surface area contributed by atoms with Crippen LogP contribution in [0.25, 0.3) is 0 Å². The van der Waals surface area contributed by atoms with Crippen LogP contribution in [-0.2, 0) is 162 Å². The average molecular weight is 1800 g/mol. The SMILES string of the molecule is CC(=O)OC[C@H]1O[C@@H](OC[C@H]2O[C@H](O)[C@H](OC(C)=O)[C@@H](O[C@@H]3O[C@H](COC(=O)C(C)(C)C)[C@@H](O[C@@H]4O[C@H](COC(=O)c5ccccc5)[C@H](OC(=O)c5ccccc5)[C@H](OC(=O)c5ccccc5)[C@H]4OC(=O)c4ccccc4)[C@H](O[C@@H]4O[C@@H](C)[C@@H](OC(C)=O)[C@@H](OC(C)=O)[C@@H]4OC(C)=O)[C@H]3OC(=O)c3ccccc3)[C@H]2OC(C)=O)[C@H](OC(C)=O)[C@@H](OC(C)=O)[C@H]1OC(C)=O. The van der Waals surface area contributed by atoms with Gasteiger partial charge in [0.15, 0.2) is 105 Å². The van der Waals surface area contributed by atoms with Crippen molar-refractivity contribution in [3.05, 3.63) is 179 Å². The first-order chi connectivity index (χ1) is 60.8. The molecule has 0 spiro atoms. The molecular formula is C88H98O40. The predicted molar refractivity (Wildman–Crippen MR) is 423 cm³/mol. The number of carbonyl (C=O) groups is 15. The van der Waals surface area contributed by atoms with E-state index < -0.39 is 275 Å². The van der Waals surface area contributed by atoms with E-state index in [1.54, 1.807) is 24.3 Å². The first kappa shape index (κ1) is 97.9. The van der Waals surface area contributed by atoms with E-state index in [1.165, 1.54) is 155 Å². The number of rotatable bonds is 32. The number of ether oxygens (including phenoxy) is 24. The Morgan fingerprint density at radius 3 is 0.945 bits per heavy atom. The van der Waals surface area contributed by atoms with Gasteiger partial charge in [0.05, 0.1) is 45.9 Å². The molecule has 5 aliphatic rings. The summed E-state index contributed by atoms with van der Waals surface area (Å²) in [6.45, 7) is 10.2. The molecular weight excluding hydrogens is 1700 g/mol. The van der Waals surface area contributed by atoms with Crippen molar-refractivity contribution in [1.82, 2.24) is 0 Å². The Morgan fingerprint density at radius 1 is 0.266 bits per heavy atom. The molecule has 0 saturated carbocycles. The van der Waals surface area contributed by atoms with Crippen molar-refractivity contribution in [3.8, 4) is 0 Å². The van der Waals surface area contributed by atoms with E-state index in [9.17, 15) is 62.6 Å². The fourth-order valence-electron chi connectivity index (χ4n) is 14.2. The average Bonchev–Trinajstić information content (AvgIpc) is 0.732. The van der Waals surface area contributed by atoms with Crippen molar-refractivity contribution in [2.24, 2.45) is 5.41 Å². The smallest absolute Gasteiger partial charge is 0.338 e. The summed E-state index contributed by atoms with van der Waals surface area (Å²) >= 11 is 0. The third-order valence-corrected chi connectivity index (χ3v) is 19.7. The molecule has 5 heterocycles. The lowest BCUT2D eigenvalue weighted by Crippen LogP contribution is -2.70. The Kier molecular flexibility index (Phi) is 34.4. The zero-order valence-electron chi connectivity index (χ0n) is 71.6. The number of carbonyl (C=O) groups excluding carboxylic acids is 15. The van der Waals surface area contributed by atoms with E-state index >= 15 is 14.4 Å². The largest absolute Gasteiger partial charge is 0.463 e. The van der Waals surface area contributed by atoms with Gasteiger partial charge in [0.1, 0.15) is 62.5 Å². The Hall–Kier alpha value is -12.2. The molecule has 0 amide bonds. The minimum atomic E-state index is -2.56. The molecule has 5 aliphatic heterocycles. The summed E-state index contributed by atoms with van der Waals surface area (Å²) in [6, 6.07) is 35.9. The van der Waals surface area contributed by atoms with Crippen molar-refractivity contribution in [2.45, 2.75) is 244 Å². The van der Waals surface area contributed by atoms with Crippen molar-refractivity contribution in [3.63, 3.8) is 0 Å². The minimum Gasteiger partial charge on any atom is -0.463 e. The van der Waals surface area contributed by atoms with E-state index in [2.05, 4.69) is 0 Å². The Morgan fingerprint density at radius 2 is 0.531 bits per heavy atom. The lowest BCUT2D eigenvalue weighted by molar-refractivity contribution is -0.397. The number of hydrogen-bond donors (Lipinski definition) is 1. The van der Waals surface area contributed by atoms with E-state index in [1.807, 2.05) is 0 Å². The van der Waals surface area contributed by atoms with Gasteiger partial charge < -0.3 is 119 Å². The van der Waals surface area contributed by atoms with Gasteiger partial charge in [0.2, 0.25) is 0 Å². The van der Waals surface area contributed by atoms with Crippen LogP contribution in [0.15, 0.2) is 152 Å². The molecule has 0 unspecified atom stereocenters. The highest BCUT2D eigenvalue weighted by Gasteiger charge is 2.63. The molecule has 40 nitrogen and oxygen atoms in total. The van der Waals surface area contributed by atoms with Gasteiger partial charge in [-0.05, 0) is 88.4 Å². The van der Waals surface area contributed by atoms with Crippen LogP contribution >= 0.6 is 0 Å². The molecule has 40 heteroatoms. The third-order valence-electron chi connectivity index (χ3n) is 19.7. The van der Waals surface area contributed by atoms with Crippen molar-refractivity contribution < 1.29 is 191 Å². The third kappa shape index (κ3) is 26.5. The maximum atomic E-state index is 15.6. The first-order valence-electron chi connectivity index (χ1n) is 40.3. The number of aliphatic hydroxyl groups excluding tert-OH is 1. The monoisotopic (exact) mass is 1790 g/mol. The quantitative estimate of drug-likeness (QED) is 0.0429. The number of benzene rings is 5. The van der Waals surface area contributed by atoms with Gasteiger partial charge >= 0.3 is 89.5 Å². The Balaban J connectivity index is 1.22. The fourth-order valence-corrected chi connectivity index (χ4v) is 14.2. The Bertz CT molecular complexity index is 4700. The molecule has 5 aromatic rings. The Labute approximate surface area is 732 Å². The standard InChI is InChI=1S/C88H98O40/c1-43-62(110-45(3)90)67(113-48(6)93)74(117-52(10)97)84(109-43)128-71-66(126-85-75(124-80(101)56-35-25-17-26-36-56)70(123-79(100)55-33-23-16-24-34-55)65(122-78(99)54-31-21-15-22-32-54)60(120-85)40-106-77(98)53-29-19-14-20-30-53)61(42-108-87(104)88(11,12)13)121-86(76(71)125-81(102)57-37-27-18-28-38-57)127-68-63(111-46(4)91)58(118-82(103)72(68)115-50(8)95)41-107-83-73(116-51(9)96)69(114-49(7)94)64(112-47(5)92)59(119-83)39-105-44(2)89/h14-38,43,58-76,82-86,103H,39-42H2,1-13H3/t43-,58+,59+,60+,61+,62+,63-,64-,65-,66+,67+,68-,69-,70-,71-,72+,73+,74-,75+,76+,82-,83+,84-,85-,86-/m0/s1. The maximum Gasteiger partial charge on any atom is 0.338 e. The summed E-state index contributed by atoms with van der Waals surface area (Å²) in [5, 5.41) is 12.4. The number of esters is 15. The zero-order chi connectivity index (χ0) is 93.0. The van der Waals surface area contributed by atoms with Crippen LogP contribution in [0.3, 0.4) is 0 Å². The summed E-state index contributed by atoms with van der Waals surface area (Å²) in [5.41, 5.74) is -2.22. The molecule has 10 rings (SSSR count). The number of hydrogen-bond acceptors (Lipinski definition) is 40. The van der Waals surface area contributed by atoms with E-state index in [0.29, 0.717) is 0 Å². The molecule has 5 fully saturated rings. The molecule has 128 heavy (non-hydrogen) atoms. The van der Waals surface area contributed by atoms with Gasteiger partial charge in [0.25, 0.3) is 0 Å². The van der Waals surface area contributed by atoms with Gasteiger partial charge in [-0.3, -0.25) is 47.9 Å². The van der Waals surface area contributed by atoms with E-state index in [4.69, 9.17) is 114 Å². The van der Waals surface area contributed by atoms with Crippen LogP contribution in [0.4, 0.5) is 0 Å². The van der Waals surface area contributed by atoms with Gasteiger partial charge in [0, 0.05) is 62.3 Å². The van der Waals surface area contributed by atoms with Gasteiger partial charge in [-0.15, -0.1) is 0 Å². The molecule has 0 aromatic heterocycles. The summed E-state index contributed by atoms with van der Waals surface area (Å²) in [7, 11) is 0. The summed E-state index contributed by atoms with van der Waals surface area (Å²) < 4.78 is 150. The van der Waals surface area contributed by atoms with Crippen LogP contribution in [0.2, 0.25) is 0 Å². The lowest BCUT2D eigenvalue weighted by atomic mass is 9.94. The van der Waals surface area contributed by atoms with Crippen LogP contribution in [0, 0.1) is 5.41 Å². The minimum absolute atomic E-state index is 0.0300. The second-order valence-electron chi connectivity index (χ2n) is 30.7. The highest BCUT2D eigenvalue weighted by Crippen LogP contribution is 2.42. The summed E-state index contributed by atoms with van der Waals surface area (Å²) in [4.78, 5) is 209. The van der Waals surface area contributed by atoms with Crippen molar-refractivity contribution in [1.29, 1.82) is 0 Å². The topological polar surface area (TPSA) is 498 Å². The maximum absolute atomic E-state index is 15.6. The van der Waals surface area contributed by atoms with Crippen molar-refractivity contribution >= 4 is 89.5 Å². The molecule has 25 atom stereocenters. The van der Waals surface area contributed by atoms with E-state index in [-0.39, 0.29) is 27.8 Å². The summed E-state index contributed by atoms with van der Waals surface area (Å²) in [5.74, 6) is -16.6. The van der Waals surface area contributed by atoms with Crippen LogP contribution < -0.4 is 0 Å². The highest BCUT2D eigenvalue weighted by molar-refractivity contribution is 5.92. The fraction of sp³-hybridized carbons (Fsp3) is 0.489. The highest BCUT2D eigenvalue weighted by atomic mass is 16.8. The van der Waals surface area contributed by atoms with Gasteiger partial charge in [-0.25, -0.2) is 24.0 Å². The lowest BCUT2D eigenvalue weighted by Gasteiger charge is -2.52. The van der Waals surface area contributed by atoms with Crippen LogP contribution in [0.1, 0.15) is 142 Å². The normalized spacial score (nSPS) is 29.0. The van der Waals surface area contributed by atoms with Crippen LogP contribution in [-0.4, -0.2) is 275 Å². The molecule has 5 saturated heterocycles. The van der Waals surface area contributed by atoms with E-state index in [0.717, 1.165) is 62.3 Å². The van der Waals surface area contributed by atoms with Crippen molar-refractivity contribution in [2.75, 3.05) is 26.4 Å². The molecule has 0 aliphatic carbocycles.